The van der Waals surface area contributed by atoms with Crippen LogP contribution in [-0.2, 0) is 0 Å². The maximum Gasteiger partial charge on any atom is 0.327 e. The van der Waals surface area contributed by atoms with Crippen LogP contribution in [0.1, 0.15) is 0 Å². The van der Waals surface area contributed by atoms with Crippen molar-refractivity contribution in [2.45, 2.75) is 0 Å². The Bertz CT molecular complexity index is 967. The Kier molecular flexibility index (Phi) is 4.00. The average molecular weight is 376 g/mol. The standard InChI is InChI=1S/C16H14ClN5O4/c17-11-1-3-12(4-2-11)19-7-9-20(10-8-19)14-6-5-13(21(23)24)15-16(14)22(25)26-18-15/h1-6H,7-10H2. The Morgan fingerprint density at radius 2 is 1.73 bits per heavy atom. The normalized spacial score (nSPS) is 14.8. The zero-order valence-electron chi connectivity index (χ0n) is 13.5. The van der Waals surface area contributed by atoms with Crippen molar-refractivity contribution in [3.8, 4) is 0 Å². The molecule has 0 spiro atoms. The zero-order valence-corrected chi connectivity index (χ0v) is 14.3. The minimum absolute atomic E-state index is 0.0392. The third-order valence-corrected chi connectivity index (χ3v) is 4.76. The second kappa shape index (κ2) is 6.34. The fourth-order valence-corrected chi connectivity index (χ4v) is 3.33. The molecule has 10 heteroatoms. The maximum absolute atomic E-state index is 12.0. The molecule has 1 aromatic heterocycles. The second-order valence-corrected chi connectivity index (χ2v) is 6.38. The van der Waals surface area contributed by atoms with Gasteiger partial charge in [-0.2, -0.15) is 0 Å². The number of nitro groups is 1. The summed E-state index contributed by atoms with van der Waals surface area (Å²) in [6.45, 7) is 2.79. The molecule has 0 radical (unpaired) electrons. The molecule has 2 heterocycles. The average Bonchev–Trinajstić information content (AvgIpc) is 3.04. The van der Waals surface area contributed by atoms with Gasteiger partial charge >= 0.3 is 11.2 Å². The SMILES string of the molecule is O=[N+]([O-])c1ccc(N2CCN(c3ccc(Cl)cc3)CC2)c2c1no[n+]2[O-]. The smallest absolute Gasteiger partial charge is 0.327 e. The molecule has 1 fully saturated rings. The third-order valence-electron chi connectivity index (χ3n) is 4.51. The van der Waals surface area contributed by atoms with Gasteiger partial charge in [-0.3, -0.25) is 14.7 Å². The third kappa shape index (κ3) is 2.76. The summed E-state index contributed by atoms with van der Waals surface area (Å²) in [4.78, 5) is 15.0. The minimum Gasteiger partial charge on any atom is -0.368 e. The molecule has 0 unspecified atom stereocenters. The van der Waals surface area contributed by atoms with Crippen LogP contribution >= 0.6 is 11.6 Å². The quantitative estimate of drug-likeness (QED) is 0.393. The molecule has 0 bridgehead atoms. The van der Waals surface area contributed by atoms with Gasteiger partial charge in [-0.15, -0.1) is 0 Å². The summed E-state index contributed by atoms with van der Waals surface area (Å²) in [6.07, 6.45) is 0. The summed E-state index contributed by atoms with van der Waals surface area (Å²) in [5.74, 6) is 0. The predicted molar refractivity (Wildman–Crippen MR) is 95.5 cm³/mol. The Morgan fingerprint density at radius 1 is 1.08 bits per heavy atom. The summed E-state index contributed by atoms with van der Waals surface area (Å²) in [5, 5.41) is 27.3. The lowest BCUT2D eigenvalue weighted by Crippen LogP contribution is -2.47. The molecule has 0 aliphatic carbocycles. The van der Waals surface area contributed by atoms with Gasteiger partial charge in [-0.05, 0) is 35.2 Å². The first-order valence-electron chi connectivity index (χ1n) is 7.97. The molecule has 134 valence electrons. The molecule has 9 nitrogen and oxygen atoms in total. The number of anilines is 2. The first kappa shape index (κ1) is 16.4. The van der Waals surface area contributed by atoms with E-state index in [2.05, 4.69) is 14.7 Å². The molecule has 1 aliphatic rings. The Morgan fingerprint density at radius 3 is 2.38 bits per heavy atom. The Labute approximate surface area is 152 Å². The van der Waals surface area contributed by atoms with Crippen LogP contribution in [0, 0.1) is 15.3 Å². The van der Waals surface area contributed by atoms with Crippen LogP contribution in [0.2, 0.25) is 5.02 Å². The van der Waals surface area contributed by atoms with E-state index in [-0.39, 0.29) is 21.6 Å². The second-order valence-electron chi connectivity index (χ2n) is 5.94. The zero-order chi connectivity index (χ0) is 18.3. The van der Waals surface area contributed by atoms with E-state index in [4.69, 9.17) is 11.6 Å². The van der Waals surface area contributed by atoms with Crippen LogP contribution < -0.4 is 14.7 Å². The fraction of sp³-hybridized carbons (Fsp3) is 0.250. The van der Waals surface area contributed by atoms with Crippen LogP contribution in [0.5, 0.6) is 0 Å². The van der Waals surface area contributed by atoms with E-state index in [1.807, 2.05) is 29.2 Å². The highest BCUT2D eigenvalue weighted by Gasteiger charge is 2.29. The number of piperazine rings is 1. The minimum atomic E-state index is -0.576. The number of rotatable bonds is 3. The Hall–Kier alpha value is -3.07. The van der Waals surface area contributed by atoms with E-state index >= 15 is 0 Å². The van der Waals surface area contributed by atoms with Crippen LogP contribution in [0.4, 0.5) is 17.1 Å². The summed E-state index contributed by atoms with van der Waals surface area (Å²) in [6, 6.07) is 10.6. The van der Waals surface area contributed by atoms with E-state index in [1.165, 1.54) is 6.07 Å². The van der Waals surface area contributed by atoms with Crippen molar-refractivity contribution in [2.75, 3.05) is 36.0 Å². The number of nitro benzene ring substituents is 1. The van der Waals surface area contributed by atoms with E-state index < -0.39 is 4.92 Å². The first-order valence-corrected chi connectivity index (χ1v) is 8.34. The van der Waals surface area contributed by atoms with Gasteiger partial charge in [0.05, 0.1) is 15.8 Å². The lowest BCUT2D eigenvalue weighted by molar-refractivity contribution is -0.782. The predicted octanol–water partition coefficient (Wildman–Crippen LogP) is 2.35. The number of fused-ring (bicyclic) bond motifs is 1. The van der Waals surface area contributed by atoms with E-state index in [9.17, 15) is 15.3 Å². The van der Waals surface area contributed by atoms with Crippen molar-refractivity contribution in [2.24, 2.45) is 0 Å². The van der Waals surface area contributed by atoms with Crippen LogP contribution in [0.15, 0.2) is 41.0 Å². The summed E-state index contributed by atoms with van der Waals surface area (Å²) >= 11 is 5.93. The van der Waals surface area contributed by atoms with Gasteiger partial charge in [-0.25, -0.2) is 0 Å². The van der Waals surface area contributed by atoms with E-state index in [0.29, 0.717) is 23.8 Å². The number of benzene rings is 2. The van der Waals surface area contributed by atoms with Crippen LogP contribution in [-0.4, -0.2) is 36.3 Å². The highest BCUT2D eigenvalue weighted by atomic mass is 35.5. The topological polar surface area (TPSA) is 103 Å². The monoisotopic (exact) mass is 375 g/mol. The lowest BCUT2D eigenvalue weighted by Gasteiger charge is -2.37. The molecule has 0 atom stereocenters. The van der Waals surface area contributed by atoms with Gasteiger partial charge < -0.3 is 15.0 Å². The van der Waals surface area contributed by atoms with Gasteiger partial charge in [0, 0.05) is 43.0 Å². The number of hydrogen-bond acceptors (Lipinski definition) is 7. The maximum atomic E-state index is 12.0. The van der Waals surface area contributed by atoms with Crippen molar-refractivity contribution in [3.05, 3.63) is 56.7 Å². The molecule has 3 aromatic rings. The van der Waals surface area contributed by atoms with Gasteiger partial charge in [-0.1, -0.05) is 11.6 Å². The summed E-state index contributed by atoms with van der Waals surface area (Å²) < 4.78 is 4.60. The van der Waals surface area contributed by atoms with Crippen molar-refractivity contribution >= 4 is 39.7 Å². The molecule has 4 rings (SSSR count). The lowest BCUT2D eigenvalue weighted by atomic mass is 10.2. The van der Waals surface area contributed by atoms with Crippen molar-refractivity contribution in [1.29, 1.82) is 0 Å². The number of nitrogens with zero attached hydrogens (tertiary/aromatic N) is 5. The van der Waals surface area contributed by atoms with Gasteiger partial charge in [0.15, 0.2) is 0 Å². The molecule has 0 saturated carbocycles. The van der Waals surface area contributed by atoms with E-state index in [0.717, 1.165) is 18.8 Å². The molecule has 1 saturated heterocycles. The molecule has 0 N–H and O–H groups in total. The van der Waals surface area contributed by atoms with Crippen molar-refractivity contribution in [3.63, 3.8) is 0 Å². The summed E-state index contributed by atoms with van der Waals surface area (Å²) in [7, 11) is 0. The van der Waals surface area contributed by atoms with E-state index in [1.54, 1.807) is 6.07 Å². The van der Waals surface area contributed by atoms with Crippen LogP contribution in [0.25, 0.3) is 11.0 Å². The summed E-state index contributed by atoms with van der Waals surface area (Å²) in [5.41, 5.74) is 1.45. The molecular weight excluding hydrogens is 362 g/mol. The van der Waals surface area contributed by atoms with Crippen molar-refractivity contribution in [1.82, 2.24) is 5.16 Å². The highest BCUT2D eigenvalue weighted by molar-refractivity contribution is 6.30. The number of halogens is 1. The van der Waals surface area contributed by atoms with Crippen LogP contribution in [0.3, 0.4) is 0 Å². The molecule has 1 aliphatic heterocycles. The number of aromatic nitrogens is 2. The fourth-order valence-electron chi connectivity index (χ4n) is 3.21. The highest BCUT2D eigenvalue weighted by Crippen LogP contribution is 2.31. The largest absolute Gasteiger partial charge is 0.368 e. The molecule has 2 aromatic carbocycles. The molecule has 26 heavy (non-hydrogen) atoms. The molecular formula is C16H14ClN5O4. The van der Waals surface area contributed by atoms with Gasteiger partial charge in [0.2, 0.25) is 0 Å². The van der Waals surface area contributed by atoms with Gasteiger partial charge in [0.25, 0.3) is 5.52 Å². The Balaban J connectivity index is 1.60. The molecule has 0 amide bonds. The number of hydrogen-bond donors (Lipinski definition) is 0. The first-order chi connectivity index (χ1) is 12.5. The van der Waals surface area contributed by atoms with Crippen molar-refractivity contribution < 1.29 is 14.5 Å². The number of non-ortho nitro benzene ring substituents is 1. The van der Waals surface area contributed by atoms with Gasteiger partial charge in [0.1, 0.15) is 0 Å².